The van der Waals surface area contributed by atoms with Gasteiger partial charge in [-0.1, -0.05) is 30.3 Å². The van der Waals surface area contributed by atoms with Gasteiger partial charge in [-0.2, -0.15) is 0 Å². The Morgan fingerprint density at radius 2 is 2.12 bits per heavy atom. The number of ether oxygens (including phenoxy) is 1. The van der Waals surface area contributed by atoms with Gasteiger partial charge in [0.2, 0.25) is 0 Å². The molecule has 2 atom stereocenters. The summed E-state index contributed by atoms with van der Waals surface area (Å²) in [4.78, 5) is 16.2. The van der Waals surface area contributed by atoms with Gasteiger partial charge in [0.1, 0.15) is 0 Å². The first-order valence-corrected chi connectivity index (χ1v) is 8.89. The van der Waals surface area contributed by atoms with Crippen molar-refractivity contribution in [3.63, 3.8) is 0 Å². The second kappa shape index (κ2) is 8.62. The summed E-state index contributed by atoms with van der Waals surface area (Å²) >= 11 is 0. The molecule has 132 valence electrons. The number of urea groups is 1. The molecule has 5 heteroatoms. The molecule has 0 unspecified atom stereocenters. The fraction of sp³-hybridized carbons (Fsp3) is 0.400. The van der Waals surface area contributed by atoms with Crippen LogP contribution in [0.2, 0.25) is 0 Å². The van der Waals surface area contributed by atoms with Gasteiger partial charge >= 0.3 is 6.03 Å². The van der Waals surface area contributed by atoms with Crippen molar-refractivity contribution in [3.8, 4) is 11.1 Å². The molecule has 0 spiro atoms. The van der Waals surface area contributed by atoms with Gasteiger partial charge in [0, 0.05) is 25.5 Å². The van der Waals surface area contributed by atoms with Crippen molar-refractivity contribution in [2.75, 3.05) is 13.2 Å². The summed E-state index contributed by atoms with van der Waals surface area (Å²) in [5.41, 5.74) is 3.27. The number of pyridine rings is 1. The van der Waals surface area contributed by atoms with Crippen LogP contribution in [0.1, 0.15) is 37.8 Å². The highest BCUT2D eigenvalue weighted by atomic mass is 16.5. The van der Waals surface area contributed by atoms with Gasteiger partial charge in [-0.15, -0.1) is 0 Å². The topological polar surface area (TPSA) is 63.2 Å². The molecule has 0 saturated carbocycles. The molecule has 5 nitrogen and oxygen atoms in total. The van der Waals surface area contributed by atoms with E-state index in [0.717, 1.165) is 42.6 Å². The average Bonchev–Trinajstić information content (AvgIpc) is 3.16. The van der Waals surface area contributed by atoms with E-state index in [2.05, 4.69) is 27.8 Å². The van der Waals surface area contributed by atoms with Crippen LogP contribution < -0.4 is 10.6 Å². The van der Waals surface area contributed by atoms with Crippen molar-refractivity contribution in [3.05, 3.63) is 54.4 Å². The molecule has 1 aromatic heterocycles. The van der Waals surface area contributed by atoms with E-state index in [1.165, 1.54) is 0 Å². The van der Waals surface area contributed by atoms with E-state index in [0.29, 0.717) is 12.6 Å². The summed E-state index contributed by atoms with van der Waals surface area (Å²) in [6.07, 6.45) is 7.02. The maximum atomic E-state index is 12.0. The molecule has 2 amide bonds. The highest BCUT2D eigenvalue weighted by Crippen LogP contribution is 2.21. The lowest BCUT2D eigenvalue weighted by Crippen LogP contribution is -2.38. The summed E-state index contributed by atoms with van der Waals surface area (Å²) in [6, 6.07) is 12.0. The lowest BCUT2D eigenvalue weighted by Gasteiger charge is -2.16. The van der Waals surface area contributed by atoms with Crippen molar-refractivity contribution in [1.82, 2.24) is 15.6 Å². The van der Waals surface area contributed by atoms with E-state index >= 15 is 0 Å². The Morgan fingerprint density at radius 3 is 2.80 bits per heavy atom. The lowest BCUT2D eigenvalue weighted by atomic mass is 10.0. The zero-order valence-corrected chi connectivity index (χ0v) is 14.6. The molecule has 2 N–H and O–H groups in total. The molecule has 25 heavy (non-hydrogen) atoms. The molecule has 2 aromatic rings. The van der Waals surface area contributed by atoms with Gasteiger partial charge in [0.15, 0.2) is 0 Å². The fourth-order valence-corrected chi connectivity index (χ4v) is 3.05. The third kappa shape index (κ3) is 5.03. The minimum Gasteiger partial charge on any atom is -0.378 e. The van der Waals surface area contributed by atoms with E-state index in [-0.39, 0.29) is 12.1 Å². The van der Waals surface area contributed by atoms with Crippen LogP contribution in [0.3, 0.4) is 0 Å². The number of rotatable bonds is 6. The Labute approximate surface area is 148 Å². The molecular formula is C20H25N3O2. The van der Waals surface area contributed by atoms with Crippen LogP contribution in [0, 0.1) is 0 Å². The van der Waals surface area contributed by atoms with Crippen LogP contribution in [0.4, 0.5) is 4.79 Å². The summed E-state index contributed by atoms with van der Waals surface area (Å²) in [7, 11) is 0. The summed E-state index contributed by atoms with van der Waals surface area (Å²) < 4.78 is 5.56. The molecule has 1 aliphatic heterocycles. The quantitative estimate of drug-likeness (QED) is 0.844. The Morgan fingerprint density at radius 1 is 1.28 bits per heavy atom. The monoisotopic (exact) mass is 339 g/mol. The molecule has 2 heterocycles. The van der Waals surface area contributed by atoms with E-state index < -0.39 is 0 Å². The van der Waals surface area contributed by atoms with Gasteiger partial charge in [-0.05, 0) is 48.9 Å². The van der Waals surface area contributed by atoms with Gasteiger partial charge in [0.05, 0.1) is 12.1 Å². The van der Waals surface area contributed by atoms with Gasteiger partial charge in [-0.25, -0.2) is 4.79 Å². The van der Waals surface area contributed by atoms with Crippen LogP contribution in [-0.2, 0) is 4.74 Å². The summed E-state index contributed by atoms with van der Waals surface area (Å²) in [5.74, 6) is 0. The Bertz CT molecular complexity index is 667. The van der Waals surface area contributed by atoms with E-state index in [1.54, 1.807) is 6.20 Å². The molecule has 1 aromatic carbocycles. The second-order valence-electron chi connectivity index (χ2n) is 6.41. The molecule has 0 radical (unpaired) electrons. The Hall–Kier alpha value is -2.40. The molecule has 0 aliphatic carbocycles. The van der Waals surface area contributed by atoms with Crippen LogP contribution in [0.15, 0.2) is 48.8 Å². The van der Waals surface area contributed by atoms with Crippen molar-refractivity contribution in [1.29, 1.82) is 0 Å². The van der Waals surface area contributed by atoms with Gasteiger partial charge < -0.3 is 15.4 Å². The van der Waals surface area contributed by atoms with Gasteiger partial charge in [-0.3, -0.25) is 4.98 Å². The zero-order valence-electron chi connectivity index (χ0n) is 14.6. The van der Waals surface area contributed by atoms with Gasteiger partial charge in [0.25, 0.3) is 0 Å². The standard InChI is InChI=1S/C20H25N3O2/c1-15(23-20(24)22-12-10-19-5-3-13-25-19)16-6-8-17(9-7-16)18-4-2-11-21-14-18/h2,4,6-9,11,14-15,19H,3,5,10,12-13H2,1H3,(H2,22,23,24)/t15-,19-/m1/s1. The van der Waals surface area contributed by atoms with Crippen LogP contribution >= 0.6 is 0 Å². The minimum absolute atomic E-state index is 0.0503. The average molecular weight is 339 g/mol. The Balaban J connectivity index is 1.47. The SMILES string of the molecule is C[C@@H](NC(=O)NCC[C@H]1CCCO1)c1ccc(-c2cccnc2)cc1. The van der Waals surface area contributed by atoms with Crippen molar-refractivity contribution < 1.29 is 9.53 Å². The van der Waals surface area contributed by atoms with Crippen LogP contribution in [0.5, 0.6) is 0 Å². The normalized spacial score (nSPS) is 17.9. The van der Waals surface area contributed by atoms with E-state index in [4.69, 9.17) is 4.74 Å². The minimum atomic E-state index is -0.137. The predicted octanol–water partition coefficient (Wildman–Crippen LogP) is 3.68. The highest BCUT2D eigenvalue weighted by molar-refractivity contribution is 5.74. The van der Waals surface area contributed by atoms with Crippen LogP contribution in [-0.4, -0.2) is 30.3 Å². The molecule has 1 aliphatic rings. The third-order valence-electron chi connectivity index (χ3n) is 4.53. The van der Waals surface area contributed by atoms with E-state index in [9.17, 15) is 4.79 Å². The summed E-state index contributed by atoms with van der Waals surface area (Å²) in [5, 5.41) is 5.89. The number of aromatic nitrogens is 1. The predicted molar refractivity (Wildman–Crippen MR) is 98.2 cm³/mol. The molecule has 0 bridgehead atoms. The number of nitrogens with zero attached hydrogens (tertiary/aromatic N) is 1. The second-order valence-corrected chi connectivity index (χ2v) is 6.41. The first-order chi connectivity index (χ1) is 12.2. The number of hydrogen-bond donors (Lipinski definition) is 2. The molecular weight excluding hydrogens is 314 g/mol. The first-order valence-electron chi connectivity index (χ1n) is 8.89. The smallest absolute Gasteiger partial charge is 0.315 e. The highest BCUT2D eigenvalue weighted by Gasteiger charge is 2.15. The number of amides is 2. The summed E-state index contributed by atoms with van der Waals surface area (Å²) in [6.45, 7) is 3.48. The Kier molecular flexibility index (Phi) is 6.01. The third-order valence-corrected chi connectivity index (χ3v) is 4.53. The van der Waals surface area contributed by atoms with Crippen LogP contribution in [0.25, 0.3) is 11.1 Å². The maximum Gasteiger partial charge on any atom is 0.315 e. The maximum absolute atomic E-state index is 12.0. The molecule has 3 rings (SSSR count). The first kappa shape index (κ1) is 17.4. The van der Waals surface area contributed by atoms with Crippen molar-refractivity contribution in [2.24, 2.45) is 0 Å². The number of hydrogen-bond acceptors (Lipinski definition) is 3. The lowest BCUT2D eigenvalue weighted by molar-refractivity contribution is 0.104. The molecule has 1 saturated heterocycles. The number of carbonyl (C=O) groups is 1. The zero-order chi connectivity index (χ0) is 17.5. The number of benzene rings is 1. The largest absolute Gasteiger partial charge is 0.378 e. The number of nitrogens with one attached hydrogen (secondary N) is 2. The van der Waals surface area contributed by atoms with E-state index in [1.807, 2.05) is 37.4 Å². The number of carbonyl (C=O) groups excluding carboxylic acids is 1. The van der Waals surface area contributed by atoms with Crippen molar-refractivity contribution >= 4 is 6.03 Å². The van der Waals surface area contributed by atoms with Crippen molar-refractivity contribution in [2.45, 2.75) is 38.3 Å². The molecule has 1 fully saturated rings. The fourth-order valence-electron chi connectivity index (χ4n) is 3.05.